The Morgan fingerprint density at radius 3 is 2.93 bits per heavy atom. The number of hydrogen-bond donors (Lipinski definition) is 1. The van der Waals surface area contributed by atoms with Crippen LogP contribution >= 0.6 is 0 Å². The number of imidazole rings is 1. The summed E-state index contributed by atoms with van der Waals surface area (Å²) >= 11 is 0. The fourth-order valence-corrected chi connectivity index (χ4v) is 1.93. The molecule has 0 bridgehead atoms. The van der Waals surface area contributed by atoms with E-state index >= 15 is 0 Å². The van der Waals surface area contributed by atoms with E-state index in [0.29, 0.717) is 5.92 Å². The minimum absolute atomic E-state index is 0.642. The minimum Gasteiger partial charge on any atom is -0.340 e. The molecule has 2 aromatic rings. The zero-order chi connectivity index (χ0) is 9.71. The molecule has 0 aromatic carbocycles. The average Bonchev–Trinajstić information content (AvgIpc) is 2.75. The zero-order valence-electron chi connectivity index (χ0n) is 8.41. The molecule has 1 aliphatic carbocycles. The van der Waals surface area contributed by atoms with Crippen LogP contribution < -0.4 is 0 Å². The van der Waals surface area contributed by atoms with Gasteiger partial charge in [0.2, 0.25) is 0 Å². The highest BCUT2D eigenvalue weighted by atomic mass is 15.0. The second-order valence-corrected chi connectivity index (χ2v) is 4.27. The highest BCUT2D eigenvalue weighted by Crippen LogP contribution is 2.45. The molecule has 1 aliphatic rings. The lowest BCUT2D eigenvalue weighted by Gasteiger charge is -1.91. The van der Waals surface area contributed by atoms with Gasteiger partial charge in [-0.25, -0.2) is 9.97 Å². The van der Waals surface area contributed by atoms with Crippen molar-refractivity contribution in [1.82, 2.24) is 15.0 Å². The van der Waals surface area contributed by atoms with Crippen LogP contribution in [-0.2, 0) is 0 Å². The van der Waals surface area contributed by atoms with Crippen LogP contribution in [0.1, 0.15) is 30.7 Å². The predicted octanol–water partition coefficient (Wildman–Crippen LogP) is 2.39. The summed E-state index contributed by atoms with van der Waals surface area (Å²) in [5.74, 6) is 2.55. The molecule has 0 aliphatic heterocycles. The van der Waals surface area contributed by atoms with Crippen LogP contribution in [0.3, 0.4) is 0 Å². The monoisotopic (exact) mass is 187 g/mol. The van der Waals surface area contributed by atoms with Gasteiger partial charge in [0.15, 0.2) is 5.65 Å². The van der Waals surface area contributed by atoms with Crippen molar-refractivity contribution < 1.29 is 0 Å². The number of rotatable bonds is 1. The van der Waals surface area contributed by atoms with Crippen molar-refractivity contribution in [2.24, 2.45) is 5.92 Å². The van der Waals surface area contributed by atoms with Crippen LogP contribution in [0.5, 0.6) is 0 Å². The van der Waals surface area contributed by atoms with Crippen LogP contribution in [0.4, 0.5) is 0 Å². The molecule has 1 fully saturated rings. The summed E-state index contributed by atoms with van der Waals surface area (Å²) in [6.45, 7) is 4.35. The Bertz CT molecular complexity index is 486. The van der Waals surface area contributed by atoms with Gasteiger partial charge in [0.1, 0.15) is 5.82 Å². The van der Waals surface area contributed by atoms with Gasteiger partial charge >= 0.3 is 0 Å². The fraction of sp³-hybridized carbons (Fsp3) is 0.455. The molecule has 72 valence electrons. The smallest absolute Gasteiger partial charge is 0.177 e. The van der Waals surface area contributed by atoms with Gasteiger partial charge in [0, 0.05) is 12.1 Å². The van der Waals surface area contributed by atoms with E-state index in [1.165, 1.54) is 12.0 Å². The van der Waals surface area contributed by atoms with Crippen LogP contribution in [0.2, 0.25) is 0 Å². The Hall–Kier alpha value is -1.38. The molecule has 1 saturated carbocycles. The quantitative estimate of drug-likeness (QED) is 0.744. The van der Waals surface area contributed by atoms with Crippen LogP contribution in [0, 0.1) is 12.8 Å². The van der Waals surface area contributed by atoms with E-state index in [4.69, 9.17) is 0 Å². The maximum Gasteiger partial charge on any atom is 0.177 e. The molecule has 3 rings (SSSR count). The van der Waals surface area contributed by atoms with Crippen molar-refractivity contribution in [2.45, 2.75) is 26.2 Å². The largest absolute Gasteiger partial charge is 0.340 e. The van der Waals surface area contributed by atoms with Crippen molar-refractivity contribution in [2.75, 3.05) is 0 Å². The van der Waals surface area contributed by atoms with Gasteiger partial charge in [-0.15, -0.1) is 0 Å². The maximum atomic E-state index is 4.52. The first-order valence-corrected chi connectivity index (χ1v) is 5.07. The Morgan fingerprint density at radius 2 is 2.29 bits per heavy atom. The standard InChI is InChI=1S/C11H13N3/c1-6-3-4-12-11-9(6)13-10(14-11)8-5-7(8)2/h3-4,7-8H,5H2,1-2H3,(H,12,13,14). The van der Waals surface area contributed by atoms with Gasteiger partial charge in [-0.3, -0.25) is 0 Å². The maximum absolute atomic E-state index is 4.52. The summed E-state index contributed by atoms with van der Waals surface area (Å²) in [7, 11) is 0. The number of fused-ring (bicyclic) bond motifs is 1. The Labute approximate surface area is 82.6 Å². The summed E-state index contributed by atoms with van der Waals surface area (Å²) in [6.07, 6.45) is 3.08. The van der Waals surface area contributed by atoms with E-state index in [1.54, 1.807) is 0 Å². The zero-order valence-corrected chi connectivity index (χ0v) is 8.41. The molecule has 2 unspecified atom stereocenters. The molecule has 3 nitrogen and oxygen atoms in total. The SMILES string of the molecule is Cc1ccnc2nc(C3CC3C)[nH]c12. The van der Waals surface area contributed by atoms with Gasteiger partial charge in [-0.2, -0.15) is 0 Å². The molecule has 0 radical (unpaired) electrons. The normalized spacial score (nSPS) is 25.6. The number of pyridine rings is 1. The first kappa shape index (κ1) is 7.97. The Kier molecular flexibility index (Phi) is 1.46. The summed E-state index contributed by atoms with van der Waals surface area (Å²) in [6, 6.07) is 2.01. The number of nitrogens with one attached hydrogen (secondary N) is 1. The lowest BCUT2D eigenvalue weighted by atomic mass is 10.3. The summed E-state index contributed by atoms with van der Waals surface area (Å²) in [4.78, 5) is 12.2. The second-order valence-electron chi connectivity index (χ2n) is 4.27. The van der Waals surface area contributed by atoms with Crippen molar-refractivity contribution in [3.05, 3.63) is 23.7 Å². The third-order valence-electron chi connectivity index (χ3n) is 3.08. The molecule has 2 aromatic heterocycles. The fourth-order valence-electron chi connectivity index (χ4n) is 1.93. The summed E-state index contributed by atoms with van der Waals surface area (Å²) in [5.41, 5.74) is 3.18. The topological polar surface area (TPSA) is 41.6 Å². The van der Waals surface area contributed by atoms with Gasteiger partial charge < -0.3 is 4.98 Å². The second kappa shape index (κ2) is 2.56. The number of H-pyrrole nitrogens is 1. The van der Waals surface area contributed by atoms with E-state index in [-0.39, 0.29) is 0 Å². The Balaban J connectivity index is 2.16. The molecule has 1 N–H and O–H groups in total. The van der Waals surface area contributed by atoms with Crippen molar-refractivity contribution in [3.63, 3.8) is 0 Å². The van der Waals surface area contributed by atoms with Crippen LogP contribution in [0.15, 0.2) is 12.3 Å². The molecular formula is C11H13N3. The molecule has 2 heterocycles. The molecule has 3 heteroatoms. The Morgan fingerprint density at radius 1 is 1.50 bits per heavy atom. The molecule has 0 saturated heterocycles. The van der Waals surface area contributed by atoms with Crippen LogP contribution in [-0.4, -0.2) is 15.0 Å². The number of hydrogen-bond acceptors (Lipinski definition) is 2. The van der Waals surface area contributed by atoms with E-state index in [2.05, 4.69) is 28.8 Å². The number of aryl methyl sites for hydroxylation is 1. The first-order valence-electron chi connectivity index (χ1n) is 5.07. The third-order valence-corrected chi connectivity index (χ3v) is 3.08. The van der Waals surface area contributed by atoms with Crippen molar-refractivity contribution >= 4 is 11.2 Å². The lowest BCUT2D eigenvalue weighted by molar-refractivity contribution is 0.866. The van der Waals surface area contributed by atoms with Gasteiger partial charge in [0.25, 0.3) is 0 Å². The minimum atomic E-state index is 0.642. The molecular weight excluding hydrogens is 174 g/mol. The van der Waals surface area contributed by atoms with Crippen LogP contribution in [0.25, 0.3) is 11.2 Å². The molecule has 0 amide bonds. The number of aromatic nitrogens is 3. The van der Waals surface area contributed by atoms with E-state index in [9.17, 15) is 0 Å². The predicted molar refractivity (Wildman–Crippen MR) is 55.1 cm³/mol. The highest BCUT2D eigenvalue weighted by Gasteiger charge is 2.36. The number of aromatic amines is 1. The van der Waals surface area contributed by atoms with E-state index in [0.717, 1.165) is 22.9 Å². The highest BCUT2D eigenvalue weighted by molar-refractivity contribution is 5.74. The average molecular weight is 187 g/mol. The molecule has 2 atom stereocenters. The molecule has 0 spiro atoms. The molecule has 14 heavy (non-hydrogen) atoms. The van der Waals surface area contributed by atoms with Gasteiger partial charge in [-0.05, 0) is 30.9 Å². The number of nitrogens with zero attached hydrogens (tertiary/aromatic N) is 2. The van der Waals surface area contributed by atoms with Crippen molar-refractivity contribution in [3.8, 4) is 0 Å². The van der Waals surface area contributed by atoms with Crippen molar-refractivity contribution in [1.29, 1.82) is 0 Å². The third kappa shape index (κ3) is 1.05. The van der Waals surface area contributed by atoms with E-state index in [1.807, 2.05) is 12.3 Å². The summed E-state index contributed by atoms with van der Waals surface area (Å²) < 4.78 is 0. The van der Waals surface area contributed by atoms with Gasteiger partial charge in [-0.1, -0.05) is 6.92 Å². The van der Waals surface area contributed by atoms with Gasteiger partial charge in [0.05, 0.1) is 5.52 Å². The van der Waals surface area contributed by atoms with E-state index < -0.39 is 0 Å². The first-order chi connectivity index (χ1) is 6.75. The summed E-state index contributed by atoms with van der Waals surface area (Å²) in [5, 5.41) is 0. The lowest BCUT2D eigenvalue weighted by Crippen LogP contribution is -1.83.